The Kier molecular flexibility index (Phi) is 29.7. The molecular formula is C41H66N2O15. The Balaban J connectivity index is 4.47. The standard InChI is InChI=1S/C41H66N2O15/c1-28(44)18-19-29(38(51)52)26-31(45)22-24-34(41(57)58)43-36(48)25-20-30(39(53)54)27-32(46)21-23-33(40(55)56)42-35(47)16-14-12-10-8-6-4-2-3-5-7-9-11-13-15-17-37(49)50/h29-30,33-34H,2-27H2,1H3,(H,42,47)(H,43,48)(H,49,50)(H,51,52)(H,53,54)(H,55,56)(H,57,58)/t29-,30-,33+,34+/m1/s1. The second-order valence-electron chi connectivity index (χ2n) is 15.2. The molecule has 0 rings (SSSR count). The van der Waals surface area contributed by atoms with E-state index >= 15 is 0 Å². The predicted molar refractivity (Wildman–Crippen MR) is 210 cm³/mol. The van der Waals surface area contributed by atoms with Crippen molar-refractivity contribution in [1.82, 2.24) is 10.6 Å². The Hall–Kier alpha value is -4.70. The number of hydrogen-bond donors (Lipinski definition) is 7. The number of carboxylic acid groups (broad SMARTS) is 5. The molecule has 0 heterocycles. The number of amides is 2. The minimum Gasteiger partial charge on any atom is -0.481 e. The number of hydrogen-bond acceptors (Lipinski definition) is 10. The van der Waals surface area contributed by atoms with Crippen LogP contribution < -0.4 is 10.6 Å². The number of Topliss-reactive ketones (excluding diaryl/α,β-unsaturated/α-hetero) is 3. The first-order chi connectivity index (χ1) is 27.4. The molecule has 0 spiro atoms. The van der Waals surface area contributed by atoms with Crippen LogP contribution in [0.25, 0.3) is 0 Å². The van der Waals surface area contributed by atoms with Crippen LogP contribution in [0.5, 0.6) is 0 Å². The van der Waals surface area contributed by atoms with Crippen molar-refractivity contribution in [3.05, 3.63) is 0 Å². The van der Waals surface area contributed by atoms with Crippen molar-refractivity contribution in [3.8, 4) is 0 Å². The summed E-state index contributed by atoms with van der Waals surface area (Å²) in [5, 5.41) is 51.3. The van der Waals surface area contributed by atoms with E-state index < -0.39 is 96.4 Å². The zero-order valence-corrected chi connectivity index (χ0v) is 34.0. The van der Waals surface area contributed by atoms with Crippen LogP contribution in [0.15, 0.2) is 0 Å². The number of rotatable bonds is 39. The van der Waals surface area contributed by atoms with Crippen LogP contribution in [0.2, 0.25) is 0 Å². The molecular weight excluding hydrogens is 760 g/mol. The summed E-state index contributed by atoms with van der Waals surface area (Å²) in [6, 6.07) is -2.87. The van der Waals surface area contributed by atoms with Gasteiger partial charge < -0.3 is 41.0 Å². The predicted octanol–water partition coefficient (Wildman–Crippen LogP) is 5.48. The van der Waals surface area contributed by atoms with Gasteiger partial charge >= 0.3 is 29.8 Å². The van der Waals surface area contributed by atoms with E-state index in [0.29, 0.717) is 6.42 Å². The lowest BCUT2D eigenvalue weighted by atomic mass is 9.93. The van der Waals surface area contributed by atoms with Gasteiger partial charge in [0.2, 0.25) is 11.8 Å². The largest absolute Gasteiger partial charge is 0.481 e. The molecule has 4 atom stereocenters. The summed E-state index contributed by atoms with van der Waals surface area (Å²) < 4.78 is 0. The molecule has 330 valence electrons. The average molecular weight is 827 g/mol. The molecule has 17 nitrogen and oxygen atoms in total. The van der Waals surface area contributed by atoms with E-state index in [-0.39, 0.29) is 63.6 Å². The fraction of sp³-hybridized carbons (Fsp3) is 0.756. The maximum absolute atomic E-state index is 12.6. The molecule has 0 aliphatic heterocycles. The lowest BCUT2D eigenvalue weighted by molar-refractivity contribution is -0.145. The second kappa shape index (κ2) is 32.3. The Morgan fingerprint density at radius 2 is 0.707 bits per heavy atom. The zero-order valence-electron chi connectivity index (χ0n) is 34.0. The molecule has 58 heavy (non-hydrogen) atoms. The first kappa shape index (κ1) is 53.3. The van der Waals surface area contributed by atoms with Crippen LogP contribution in [0, 0.1) is 11.8 Å². The maximum atomic E-state index is 12.6. The van der Waals surface area contributed by atoms with Gasteiger partial charge in [-0.05, 0) is 45.4 Å². The van der Waals surface area contributed by atoms with E-state index in [1.807, 2.05) is 0 Å². The van der Waals surface area contributed by atoms with Crippen molar-refractivity contribution in [2.24, 2.45) is 11.8 Å². The van der Waals surface area contributed by atoms with E-state index in [9.17, 15) is 68.4 Å². The van der Waals surface area contributed by atoms with Crippen LogP contribution in [-0.2, 0) is 47.9 Å². The number of unbranched alkanes of at least 4 members (excludes halogenated alkanes) is 13. The lowest BCUT2D eigenvalue weighted by Crippen LogP contribution is -2.41. The van der Waals surface area contributed by atoms with Gasteiger partial charge in [-0.3, -0.25) is 33.6 Å². The first-order valence-electron chi connectivity index (χ1n) is 20.7. The van der Waals surface area contributed by atoms with Gasteiger partial charge in [0.1, 0.15) is 29.4 Å². The molecule has 0 aromatic rings. The monoisotopic (exact) mass is 826 g/mol. The third-order valence-electron chi connectivity index (χ3n) is 9.95. The molecule has 0 saturated heterocycles. The minimum atomic E-state index is -1.52. The summed E-state index contributed by atoms with van der Waals surface area (Å²) in [4.78, 5) is 118. The van der Waals surface area contributed by atoms with E-state index in [1.54, 1.807) is 0 Å². The van der Waals surface area contributed by atoms with Crippen LogP contribution in [0.3, 0.4) is 0 Å². The Morgan fingerprint density at radius 3 is 1.03 bits per heavy atom. The highest BCUT2D eigenvalue weighted by molar-refractivity contribution is 5.88. The molecule has 0 aromatic heterocycles. The van der Waals surface area contributed by atoms with E-state index in [0.717, 1.165) is 57.8 Å². The highest BCUT2D eigenvalue weighted by atomic mass is 16.4. The van der Waals surface area contributed by atoms with Crippen LogP contribution in [-0.4, -0.2) is 96.6 Å². The number of aliphatic carboxylic acids is 5. The number of ketones is 3. The molecule has 2 amide bonds. The smallest absolute Gasteiger partial charge is 0.326 e. The topological polar surface area (TPSA) is 296 Å². The molecule has 0 saturated carbocycles. The zero-order chi connectivity index (χ0) is 43.9. The van der Waals surface area contributed by atoms with Gasteiger partial charge in [-0.15, -0.1) is 0 Å². The van der Waals surface area contributed by atoms with Crippen molar-refractivity contribution in [2.45, 2.75) is 186 Å². The van der Waals surface area contributed by atoms with Crippen molar-refractivity contribution < 1.29 is 73.5 Å². The minimum absolute atomic E-state index is 0.0328. The maximum Gasteiger partial charge on any atom is 0.326 e. The summed E-state index contributed by atoms with van der Waals surface area (Å²) in [5.41, 5.74) is 0. The SMILES string of the molecule is CC(=O)CC[C@H](CC(=O)CC[C@H](NC(=O)CC[C@H](CC(=O)CC[C@H](NC(=O)CCCCCCCCCCCCCCCCC(=O)O)C(=O)O)C(=O)O)C(=O)O)C(=O)O. The van der Waals surface area contributed by atoms with Gasteiger partial charge in [0.05, 0.1) is 11.8 Å². The van der Waals surface area contributed by atoms with Crippen molar-refractivity contribution in [2.75, 3.05) is 0 Å². The molecule has 0 aromatic carbocycles. The third kappa shape index (κ3) is 29.5. The average Bonchev–Trinajstić information content (AvgIpc) is 3.14. The molecule has 0 aliphatic rings. The fourth-order valence-corrected chi connectivity index (χ4v) is 6.40. The van der Waals surface area contributed by atoms with Gasteiger partial charge in [0.25, 0.3) is 0 Å². The van der Waals surface area contributed by atoms with Gasteiger partial charge in [-0.2, -0.15) is 0 Å². The molecule has 0 radical (unpaired) electrons. The first-order valence-corrected chi connectivity index (χ1v) is 20.7. The van der Waals surface area contributed by atoms with E-state index in [1.165, 1.54) is 32.6 Å². The third-order valence-corrected chi connectivity index (χ3v) is 9.95. The molecule has 0 fully saturated rings. The van der Waals surface area contributed by atoms with Crippen molar-refractivity contribution in [1.29, 1.82) is 0 Å². The second-order valence-corrected chi connectivity index (χ2v) is 15.2. The number of carboxylic acids is 5. The highest BCUT2D eigenvalue weighted by Gasteiger charge is 2.28. The molecule has 7 N–H and O–H groups in total. The Morgan fingerprint density at radius 1 is 0.379 bits per heavy atom. The van der Waals surface area contributed by atoms with E-state index in [2.05, 4.69) is 10.6 Å². The molecule has 17 heteroatoms. The lowest BCUT2D eigenvalue weighted by Gasteiger charge is -2.17. The Labute approximate surface area is 340 Å². The number of carbonyl (C=O) groups is 10. The Bertz CT molecular complexity index is 1350. The van der Waals surface area contributed by atoms with Crippen molar-refractivity contribution >= 4 is 59.0 Å². The quantitative estimate of drug-likeness (QED) is 0.0378. The number of nitrogens with one attached hydrogen (secondary N) is 2. The normalized spacial score (nSPS) is 13.1. The van der Waals surface area contributed by atoms with Gasteiger partial charge in [0.15, 0.2) is 0 Å². The van der Waals surface area contributed by atoms with Gasteiger partial charge in [-0.1, -0.05) is 77.0 Å². The molecule has 0 aliphatic carbocycles. The summed E-state index contributed by atoms with van der Waals surface area (Å²) in [5.74, 6) is -11.4. The van der Waals surface area contributed by atoms with Crippen molar-refractivity contribution in [3.63, 3.8) is 0 Å². The molecule has 0 unspecified atom stereocenters. The summed E-state index contributed by atoms with van der Waals surface area (Å²) in [6.45, 7) is 1.29. The summed E-state index contributed by atoms with van der Waals surface area (Å²) in [6.07, 6.45) is 11.5. The summed E-state index contributed by atoms with van der Waals surface area (Å²) >= 11 is 0. The van der Waals surface area contributed by atoms with Crippen LogP contribution >= 0.6 is 0 Å². The van der Waals surface area contributed by atoms with Gasteiger partial charge in [0, 0.05) is 51.4 Å². The fourth-order valence-electron chi connectivity index (χ4n) is 6.40. The number of carbonyl (C=O) groups excluding carboxylic acids is 5. The van der Waals surface area contributed by atoms with Crippen LogP contribution in [0.4, 0.5) is 0 Å². The molecule has 0 bridgehead atoms. The van der Waals surface area contributed by atoms with Gasteiger partial charge in [-0.25, -0.2) is 9.59 Å². The van der Waals surface area contributed by atoms with E-state index in [4.69, 9.17) is 5.11 Å². The summed E-state index contributed by atoms with van der Waals surface area (Å²) in [7, 11) is 0. The van der Waals surface area contributed by atoms with Crippen LogP contribution in [0.1, 0.15) is 174 Å². The highest BCUT2D eigenvalue weighted by Crippen LogP contribution is 2.18.